The van der Waals surface area contributed by atoms with Gasteiger partial charge in [-0.1, -0.05) is 29.8 Å². The van der Waals surface area contributed by atoms with Gasteiger partial charge in [0.25, 0.3) is 0 Å². The molecule has 0 saturated carbocycles. The van der Waals surface area contributed by atoms with Crippen molar-refractivity contribution in [3.63, 3.8) is 0 Å². The Hall–Kier alpha value is -0.830. The van der Waals surface area contributed by atoms with Crippen LogP contribution in [0, 0.1) is 5.92 Å². The Morgan fingerprint density at radius 2 is 2.25 bits per heavy atom. The molecule has 0 spiro atoms. The van der Waals surface area contributed by atoms with Gasteiger partial charge in [0.1, 0.15) is 0 Å². The highest BCUT2D eigenvalue weighted by molar-refractivity contribution is 9.10. The lowest BCUT2D eigenvalue weighted by Crippen LogP contribution is -2.23. The molecule has 0 fully saturated rings. The van der Waals surface area contributed by atoms with Gasteiger partial charge >= 0.3 is 0 Å². The second kappa shape index (κ2) is 4.58. The third-order valence-corrected chi connectivity index (χ3v) is 3.41. The fourth-order valence-corrected chi connectivity index (χ4v) is 2.68. The number of carbonyl (C=O) groups is 1. The number of amides is 1. The zero-order valence-corrected chi connectivity index (χ0v) is 11.2. The Morgan fingerprint density at radius 1 is 1.50 bits per heavy atom. The molecule has 1 heterocycles. The van der Waals surface area contributed by atoms with Crippen LogP contribution in [0.3, 0.4) is 0 Å². The van der Waals surface area contributed by atoms with Crippen LogP contribution >= 0.6 is 15.9 Å². The van der Waals surface area contributed by atoms with E-state index < -0.39 is 0 Å². The molecule has 0 saturated heterocycles. The lowest BCUT2D eigenvalue weighted by Gasteiger charge is -2.27. The van der Waals surface area contributed by atoms with Gasteiger partial charge < -0.3 is 5.32 Å². The molecular weight excluding hydrogens is 266 g/mol. The van der Waals surface area contributed by atoms with E-state index in [4.69, 9.17) is 0 Å². The molecule has 16 heavy (non-hydrogen) atoms. The highest BCUT2D eigenvalue weighted by atomic mass is 79.9. The first-order valence-electron chi connectivity index (χ1n) is 5.65. The van der Waals surface area contributed by atoms with E-state index in [0.29, 0.717) is 18.3 Å². The Balaban J connectivity index is 2.35. The zero-order chi connectivity index (χ0) is 11.7. The van der Waals surface area contributed by atoms with Crippen LogP contribution in [-0.4, -0.2) is 5.91 Å². The van der Waals surface area contributed by atoms with E-state index in [1.54, 1.807) is 0 Å². The number of hydrogen-bond acceptors (Lipinski definition) is 1. The Bertz CT molecular complexity index is 414. The van der Waals surface area contributed by atoms with Crippen molar-refractivity contribution >= 4 is 27.5 Å². The number of fused-ring (bicyclic) bond motifs is 1. The van der Waals surface area contributed by atoms with Crippen molar-refractivity contribution in [2.45, 2.75) is 32.6 Å². The van der Waals surface area contributed by atoms with Gasteiger partial charge in [-0.2, -0.15) is 0 Å². The highest BCUT2D eigenvalue weighted by Gasteiger charge is 2.25. The van der Waals surface area contributed by atoms with Crippen LogP contribution in [0.25, 0.3) is 0 Å². The molecule has 1 aromatic carbocycles. The maximum Gasteiger partial charge on any atom is 0.224 e. The van der Waals surface area contributed by atoms with Gasteiger partial charge in [0.2, 0.25) is 5.91 Å². The topological polar surface area (TPSA) is 29.1 Å². The van der Waals surface area contributed by atoms with Gasteiger partial charge in [-0.25, -0.2) is 0 Å². The van der Waals surface area contributed by atoms with E-state index in [-0.39, 0.29) is 5.91 Å². The number of anilines is 1. The van der Waals surface area contributed by atoms with Crippen LogP contribution in [0.2, 0.25) is 0 Å². The summed E-state index contributed by atoms with van der Waals surface area (Å²) >= 11 is 3.49. The fraction of sp³-hybridized carbons (Fsp3) is 0.462. The third-order valence-electron chi connectivity index (χ3n) is 2.92. The molecule has 0 radical (unpaired) electrons. The lowest BCUT2D eigenvalue weighted by atomic mass is 9.84. The van der Waals surface area contributed by atoms with Crippen LogP contribution in [0.5, 0.6) is 0 Å². The third kappa shape index (κ3) is 2.46. The summed E-state index contributed by atoms with van der Waals surface area (Å²) in [6.07, 6.45) is 1.68. The first kappa shape index (κ1) is 11.6. The van der Waals surface area contributed by atoms with Crippen molar-refractivity contribution in [1.82, 2.24) is 0 Å². The van der Waals surface area contributed by atoms with Gasteiger partial charge in [0.15, 0.2) is 0 Å². The summed E-state index contributed by atoms with van der Waals surface area (Å²) in [5, 5.41) is 2.93. The molecule has 86 valence electrons. The van der Waals surface area contributed by atoms with Crippen LogP contribution < -0.4 is 5.32 Å². The van der Waals surface area contributed by atoms with Crippen molar-refractivity contribution in [3.8, 4) is 0 Å². The quantitative estimate of drug-likeness (QED) is 0.875. The molecule has 1 atom stereocenters. The van der Waals surface area contributed by atoms with Crippen LogP contribution in [0.4, 0.5) is 5.69 Å². The monoisotopic (exact) mass is 281 g/mol. The Labute approximate surface area is 105 Å². The van der Waals surface area contributed by atoms with E-state index in [9.17, 15) is 4.79 Å². The second-order valence-corrected chi connectivity index (χ2v) is 5.73. The van der Waals surface area contributed by atoms with Crippen molar-refractivity contribution in [3.05, 3.63) is 28.2 Å². The molecule has 0 bridgehead atoms. The van der Waals surface area contributed by atoms with Crippen molar-refractivity contribution in [2.75, 3.05) is 5.32 Å². The van der Waals surface area contributed by atoms with E-state index in [1.165, 1.54) is 5.56 Å². The number of hydrogen-bond donors (Lipinski definition) is 1. The normalized spacial score (nSPS) is 19.5. The summed E-state index contributed by atoms with van der Waals surface area (Å²) in [4.78, 5) is 11.6. The molecule has 1 amide bonds. The van der Waals surface area contributed by atoms with Crippen molar-refractivity contribution in [2.24, 2.45) is 5.92 Å². The number of benzene rings is 1. The average molecular weight is 282 g/mol. The number of nitrogens with one attached hydrogen (secondary N) is 1. The van der Waals surface area contributed by atoms with Crippen molar-refractivity contribution in [1.29, 1.82) is 0 Å². The number of carbonyl (C=O) groups excluding carboxylic acids is 1. The molecule has 0 aromatic heterocycles. The minimum Gasteiger partial charge on any atom is -0.326 e. The van der Waals surface area contributed by atoms with Gasteiger partial charge in [-0.15, -0.1) is 0 Å². The summed E-state index contributed by atoms with van der Waals surface area (Å²) in [5.74, 6) is 1.12. The maximum atomic E-state index is 11.6. The largest absolute Gasteiger partial charge is 0.326 e. The minimum absolute atomic E-state index is 0.139. The molecule has 3 heteroatoms. The predicted molar refractivity (Wildman–Crippen MR) is 69.6 cm³/mol. The highest BCUT2D eigenvalue weighted by Crippen LogP contribution is 2.37. The van der Waals surface area contributed by atoms with Gasteiger partial charge in [-0.05, 0) is 42.0 Å². The number of rotatable bonds is 2. The molecule has 0 aliphatic carbocycles. The zero-order valence-electron chi connectivity index (χ0n) is 9.59. The second-order valence-electron chi connectivity index (χ2n) is 4.81. The summed E-state index contributed by atoms with van der Waals surface area (Å²) in [6.45, 7) is 4.40. The van der Waals surface area contributed by atoms with E-state index in [1.807, 2.05) is 12.1 Å². The smallest absolute Gasteiger partial charge is 0.224 e. The molecule has 2 rings (SSSR count). The minimum atomic E-state index is 0.139. The van der Waals surface area contributed by atoms with Crippen molar-refractivity contribution < 1.29 is 4.79 Å². The van der Waals surface area contributed by atoms with Gasteiger partial charge in [0, 0.05) is 16.6 Å². The van der Waals surface area contributed by atoms with Crippen LogP contribution in [0.1, 0.15) is 38.2 Å². The summed E-state index contributed by atoms with van der Waals surface area (Å²) < 4.78 is 1.08. The summed E-state index contributed by atoms with van der Waals surface area (Å²) in [5.41, 5.74) is 2.24. The predicted octanol–water partition coefficient (Wildman–Crippen LogP) is 3.92. The average Bonchev–Trinajstić information content (AvgIpc) is 2.18. The number of halogens is 1. The first-order chi connectivity index (χ1) is 7.56. The standard InChI is InChI=1S/C13H16BrNO/c1-8(2)5-9-6-13(16)15-12-4-3-10(14)7-11(9)12/h3-4,7-9H,5-6H2,1-2H3,(H,15,16). The molecule has 1 N–H and O–H groups in total. The van der Waals surface area contributed by atoms with Crippen LogP contribution in [-0.2, 0) is 4.79 Å². The molecule has 2 nitrogen and oxygen atoms in total. The SMILES string of the molecule is CC(C)CC1CC(=O)Nc2ccc(Br)cc21. The summed E-state index contributed by atoms with van der Waals surface area (Å²) in [6, 6.07) is 6.07. The van der Waals surface area contributed by atoms with E-state index in [0.717, 1.165) is 16.6 Å². The molecule has 1 aromatic rings. The Kier molecular flexibility index (Phi) is 3.33. The van der Waals surface area contributed by atoms with E-state index >= 15 is 0 Å². The fourth-order valence-electron chi connectivity index (χ4n) is 2.30. The van der Waals surface area contributed by atoms with Crippen LogP contribution in [0.15, 0.2) is 22.7 Å². The maximum absolute atomic E-state index is 11.6. The summed E-state index contributed by atoms with van der Waals surface area (Å²) in [7, 11) is 0. The van der Waals surface area contributed by atoms with E-state index in [2.05, 4.69) is 41.2 Å². The van der Waals surface area contributed by atoms with Gasteiger partial charge in [0.05, 0.1) is 0 Å². The molecule has 1 aliphatic rings. The molecule has 1 unspecified atom stereocenters. The molecule has 1 aliphatic heterocycles. The molecular formula is C13H16BrNO. The van der Waals surface area contributed by atoms with Gasteiger partial charge in [-0.3, -0.25) is 4.79 Å². The Morgan fingerprint density at radius 3 is 2.94 bits per heavy atom. The first-order valence-corrected chi connectivity index (χ1v) is 6.45. The lowest BCUT2D eigenvalue weighted by molar-refractivity contribution is -0.116.